The fourth-order valence-corrected chi connectivity index (χ4v) is 3.42. The second-order valence-corrected chi connectivity index (χ2v) is 7.00. The zero-order valence-electron chi connectivity index (χ0n) is 16.6. The number of anilines is 1. The number of nitro groups is 1. The highest BCUT2D eigenvalue weighted by molar-refractivity contribution is 6.39. The third kappa shape index (κ3) is 3.57. The van der Waals surface area contributed by atoms with E-state index in [0.717, 1.165) is 4.90 Å². The van der Waals surface area contributed by atoms with Crippen molar-refractivity contribution in [3.05, 3.63) is 76.0 Å². The van der Waals surface area contributed by atoms with E-state index in [1.54, 1.807) is 18.2 Å². The number of imide groups is 2. The molecule has 0 aliphatic carbocycles. The summed E-state index contributed by atoms with van der Waals surface area (Å²) in [5.41, 5.74) is 0.207. The van der Waals surface area contributed by atoms with Gasteiger partial charge in [-0.15, -0.1) is 0 Å². The van der Waals surface area contributed by atoms with Gasteiger partial charge in [-0.3, -0.25) is 25.0 Å². The predicted molar refractivity (Wildman–Crippen MR) is 112 cm³/mol. The Kier molecular flexibility index (Phi) is 4.63. The van der Waals surface area contributed by atoms with Gasteiger partial charge in [0.25, 0.3) is 17.5 Å². The smallest absolute Gasteiger partial charge is 0.335 e. The number of ether oxygens (including phenoxy) is 2. The number of benzene rings is 2. The lowest BCUT2D eigenvalue weighted by atomic mass is 10.1. The van der Waals surface area contributed by atoms with Crippen LogP contribution in [-0.4, -0.2) is 29.6 Å². The Bertz CT molecular complexity index is 1370. The minimum absolute atomic E-state index is 0.0218. The Hall–Kier alpha value is -4.93. The number of rotatable bonds is 4. The normalized spacial score (nSPS) is 16.3. The van der Waals surface area contributed by atoms with E-state index in [-0.39, 0.29) is 29.5 Å². The largest absolute Gasteiger partial charge is 0.457 e. The van der Waals surface area contributed by atoms with Crippen LogP contribution in [0.4, 0.5) is 16.2 Å². The van der Waals surface area contributed by atoms with Gasteiger partial charge in [0, 0.05) is 23.8 Å². The van der Waals surface area contributed by atoms with Gasteiger partial charge in [-0.25, -0.2) is 9.69 Å². The third-order valence-corrected chi connectivity index (χ3v) is 4.97. The molecule has 164 valence electrons. The molecule has 3 heterocycles. The lowest BCUT2D eigenvalue weighted by Gasteiger charge is -2.26. The lowest BCUT2D eigenvalue weighted by molar-refractivity contribution is -0.384. The van der Waals surface area contributed by atoms with Crippen LogP contribution < -0.4 is 19.7 Å². The van der Waals surface area contributed by atoms with Gasteiger partial charge >= 0.3 is 6.03 Å². The van der Waals surface area contributed by atoms with Gasteiger partial charge in [-0.2, -0.15) is 0 Å². The van der Waals surface area contributed by atoms with Crippen molar-refractivity contribution in [3.8, 4) is 22.8 Å². The maximum Gasteiger partial charge on any atom is 0.335 e. The van der Waals surface area contributed by atoms with Gasteiger partial charge in [-0.1, -0.05) is 12.1 Å². The summed E-state index contributed by atoms with van der Waals surface area (Å²) in [7, 11) is 0. The van der Waals surface area contributed by atoms with Crippen LogP contribution in [0.25, 0.3) is 17.4 Å². The number of fused-ring (bicyclic) bond motifs is 1. The van der Waals surface area contributed by atoms with Crippen LogP contribution in [0.2, 0.25) is 0 Å². The van der Waals surface area contributed by atoms with E-state index >= 15 is 0 Å². The van der Waals surface area contributed by atoms with Crippen LogP contribution in [0.15, 0.2) is 64.6 Å². The molecule has 11 nitrogen and oxygen atoms in total. The number of hydrogen-bond acceptors (Lipinski definition) is 8. The monoisotopic (exact) mass is 447 g/mol. The molecular weight excluding hydrogens is 434 g/mol. The van der Waals surface area contributed by atoms with Gasteiger partial charge in [-0.05, 0) is 30.3 Å². The average molecular weight is 447 g/mol. The second kappa shape index (κ2) is 7.64. The zero-order chi connectivity index (χ0) is 23.1. The van der Waals surface area contributed by atoms with Crippen LogP contribution in [0.1, 0.15) is 5.76 Å². The number of non-ortho nitro benzene ring substituents is 1. The zero-order valence-corrected chi connectivity index (χ0v) is 16.6. The van der Waals surface area contributed by atoms with Crippen molar-refractivity contribution in [3.63, 3.8) is 0 Å². The van der Waals surface area contributed by atoms with Crippen LogP contribution in [0, 0.1) is 10.1 Å². The van der Waals surface area contributed by atoms with Gasteiger partial charge < -0.3 is 13.9 Å². The van der Waals surface area contributed by atoms with Crippen molar-refractivity contribution in [1.82, 2.24) is 5.32 Å². The number of furan rings is 1. The number of carbonyl (C=O) groups is 3. The summed E-state index contributed by atoms with van der Waals surface area (Å²) >= 11 is 0. The van der Waals surface area contributed by atoms with Crippen molar-refractivity contribution < 1.29 is 33.2 Å². The maximum atomic E-state index is 13.0. The molecular formula is C22H13N3O8. The number of nitrogens with zero attached hydrogens (tertiary/aromatic N) is 2. The van der Waals surface area contributed by atoms with Crippen molar-refractivity contribution in [2.75, 3.05) is 11.7 Å². The Balaban J connectivity index is 1.46. The lowest BCUT2D eigenvalue weighted by Crippen LogP contribution is -2.54. The first kappa shape index (κ1) is 20.0. The molecule has 5 rings (SSSR count). The SMILES string of the molecule is O=C1NC(=O)N(c2ccc3c(c2)OCO3)C(=O)/C1=C/c1ccc(-c2cccc([N+](=O)[O-])c2)o1. The molecule has 0 bridgehead atoms. The maximum absolute atomic E-state index is 13.0. The molecule has 0 spiro atoms. The van der Waals surface area contributed by atoms with Gasteiger partial charge in [0.2, 0.25) is 6.79 Å². The number of urea groups is 1. The Morgan fingerprint density at radius 3 is 2.64 bits per heavy atom. The molecule has 1 saturated heterocycles. The molecule has 1 aromatic heterocycles. The number of nitro benzene ring substituents is 1. The van der Waals surface area contributed by atoms with Crippen LogP contribution in [0.5, 0.6) is 11.5 Å². The number of barbiturate groups is 1. The van der Waals surface area contributed by atoms with Crippen LogP contribution >= 0.6 is 0 Å². The summed E-state index contributed by atoms with van der Waals surface area (Å²) in [6, 6.07) is 12.5. The summed E-state index contributed by atoms with van der Waals surface area (Å²) in [6.07, 6.45) is 1.20. The molecule has 0 radical (unpaired) electrons. The quantitative estimate of drug-likeness (QED) is 0.278. The minimum Gasteiger partial charge on any atom is -0.457 e. The summed E-state index contributed by atoms with van der Waals surface area (Å²) in [5, 5.41) is 13.1. The van der Waals surface area contributed by atoms with Gasteiger partial charge in [0.1, 0.15) is 17.1 Å². The molecule has 0 saturated carbocycles. The van der Waals surface area contributed by atoms with Gasteiger partial charge in [0.15, 0.2) is 11.5 Å². The van der Waals surface area contributed by atoms with Crippen molar-refractivity contribution >= 4 is 35.3 Å². The van der Waals surface area contributed by atoms with Gasteiger partial charge in [0.05, 0.1) is 10.6 Å². The molecule has 33 heavy (non-hydrogen) atoms. The number of carbonyl (C=O) groups excluding carboxylic acids is 3. The van der Waals surface area contributed by atoms with E-state index in [2.05, 4.69) is 5.32 Å². The van der Waals surface area contributed by atoms with Crippen molar-refractivity contribution in [1.29, 1.82) is 0 Å². The highest BCUT2D eigenvalue weighted by Gasteiger charge is 2.37. The molecule has 2 aromatic carbocycles. The summed E-state index contributed by atoms with van der Waals surface area (Å²) in [5.74, 6) is -0.443. The molecule has 1 N–H and O–H groups in total. The van der Waals surface area contributed by atoms with E-state index in [1.807, 2.05) is 0 Å². The highest BCUT2D eigenvalue weighted by atomic mass is 16.7. The summed E-state index contributed by atoms with van der Waals surface area (Å²) < 4.78 is 16.2. The molecule has 1 fully saturated rings. The topological polar surface area (TPSA) is 141 Å². The molecule has 2 aliphatic rings. The van der Waals surface area contributed by atoms with Crippen LogP contribution in [-0.2, 0) is 9.59 Å². The Morgan fingerprint density at radius 2 is 1.82 bits per heavy atom. The molecule has 0 unspecified atom stereocenters. The van der Waals surface area contributed by atoms with E-state index < -0.39 is 22.8 Å². The fourth-order valence-electron chi connectivity index (χ4n) is 3.42. The second-order valence-electron chi connectivity index (χ2n) is 7.00. The molecule has 11 heteroatoms. The number of nitrogens with one attached hydrogen (secondary N) is 1. The summed E-state index contributed by atoms with van der Waals surface area (Å²) in [6.45, 7) is 0.0218. The van der Waals surface area contributed by atoms with E-state index in [9.17, 15) is 24.5 Å². The Morgan fingerprint density at radius 1 is 1.00 bits per heavy atom. The first-order chi connectivity index (χ1) is 15.9. The standard InChI is InChI=1S/C22H13N3O8/c26-20-16(10-15-5-7-17(33-15)12-2-1-3-14(8-12)25(29)30)21(27)24(22(28)23-20)13-4-6-18-19(9-13)32-11-31-18/h1-10H,11H2,(H,23,26,28)/b16-10+. The molecule has 4 amide bonds. The molecule has 0 atom stereocenters. The molecule has 2 aliphatic heterocycles. The van der Waals surface area contributed by atoms with E-state index in [0.29, 0.717) is 22.8 Å². The highest BCUT2D eigenvalue weighted by Crippen LogP contribution is 2.36. The van der Waals surface area contributed by atoms with E-state index in [1.165, 1.54) is 42.5 Å². The number of amides is 4. The van der Waals surface area contributed by atoms with E-state index in [4.69, 9.17) is 13.9 Å². The predicted octanol–water partition coefficient (Wildman–Crippen LogP) is 3.25. The first-order valence-corrected chi connectivity index (χ1v) is 9.56. The molecule has 3 aromatic rings. The Labute approximate surface area is 185 Å². The third-order valence-electron chi connectivity index (χ3n) is 4.97. The number of hydrogen-bond donors (Lipinski definition) is 1. The van der Waals surface area contributed by atoms with Crippen molar-refractivity contribution in [2.45, 2.75) is 0 Å². The fraction of sp³-hybridized carbons (Fsp3) is 0.0455. The summed E-state index contributed by atoms with van der Waals surface area (Å²) in [4.78, 5) is 49.1. The minimum atomic E-state index is -0.905. The average Bonchev–Trinajstić information content (AvgIpc) is 3.46. The van der Waals surface area contributed by atoms with Crippen molar-refractivity contribution in [2.24, 2.45) is 0 Å². The van der Waals surface area contributed by atoms with Crippen LogP contribution in [0.3, 0.4) is 0 Å². The first-order valence-electron chi connectivity index (χ1n) is 9.56.